The molecule has 1 radical (unpaired) electrons. The van der Waals surface area contributed by atoms with Crippen molar-refractivity contribution in [1.29, 1.82) is 0 Å². The van der Waals surface area contributed by atoms with Gasteiger partial charge < -0.3 is 11.2 Å². The average molecular weight is 614 g/mol. The number of aromatic nitrogens is 5. The molecule has 3 rings (SSSR count). The van der Waals surface area contributed by atoms with Crippen LogP contribution in [0.1, 0.15) is 79.1 Å². The van der Waals surface area contributed by atoms with Crippen LogP contribution in [0.2, 0.25) is 0 Å². The van der Waals surface area contributed by atoms with Crippen LogP contribution in [0.3, 0.4) is 0 Å². The van der Waals surface area contributed by atoms with Crippen LogP contribution in [0.5, 0.6) is 5.88 Å². The fourth-order valence-corrected chi connectivity index (χ4v) is 1.88. The predicted octanol–water partition coefficient (Wildman–Crippen LogP) is 7.16. The van der Waals surface area contributed by atoms with E-state index in [1.54, 1.807) is 37.8 Å². The number of allylic oxidation sites excluding steroid dienone is 2. The van der Waals surface area contributed by atoms with Crippen LogP contribution in [-0.4, -0.2) is 32.5 Å². The van der Waals surface area contributed by atoms with Crippen molar-refractivity contribution in [2.75, 3.05) is 7.11 Å². The Kier molecular flexibility index (Phi) is 32.7. The SMILES string of the molecule is CC.CC(C)CC#Cc1ccccn1.CCCC#Cc1ccc(OC)nn1.[C-]#C/C(C)=C/C.[Y].c1ccnnc1. The molecular formula is C33H42N5OY-. The summed E-state index contributed by atoms with van der Waals surface area (Å²) in [6, 6.07) is 13.0. The number of nitrogens with zero attached hydrogens (tertiary/aromatic N) is 5. The van der Waals surface area contributed by atoms with Crippen LogP contribution < -0.4 is 4.74 Å². The van der Waals surface area contributed by atoms with E-state index in [4.69, 9.17) is 11.2 Å². The first kappa shape index (κ1) is 41.1. The molecule has 7 heteroatoms. The van der Waals surface area contributed by atoms with Crippen molar-refractivity contribution in [1.82, 2.24) is 25.4 Å². The van der Waals surface area contributed by atoms with Gasteiger partial charge in [0, 0.05) is 70.2 Å². The minimum absolute atomic E-state index is 0. The molecule has 0 bridgehead atoms. The van der Waals surface area contributed by atoms with E-state index in [1.165, 1.54) is 0 Å². The third kappa shape index (κ3) is 27.7. The third-order valence-corrected chi connectivity index (χ3v) is 3.95. The van der Waals surface area contributed by atoms with E-state index in [2.05, 4.69) is 75.8 Å². The number of hydrogen-bond acceptors (Lipinski definition) is 6. The van der Waals surface area contributed by atoms with E-state index in [-0.39, 0.29) is 32.7 Å². The Hall–Kier alpha value is -3.37. The molecule has 0 N–H and O–H groups in total. The molecule has 6 nitrogen and oxygen atoms in total. The monoisotopic (exact) mass is 613 g/mol. The van der Waals surface area contributed by atoms with Crippen molar-refractivity contribution in [2.24, 2.45) is 5.92 Å². The van der Waals surface area contributed by atoms with Gasteiger partial charge in [-0.05, 0) is 54.5 Å². The Balaban J connectivity index is -0.000000466. The number of methoxy groups -OCH3 is 1. The topological polar surface area (TPSA) is 73.7 Å². The van der Waals surface area contributed by atoms with E-state index >= 15 is 0 Å². The first-order valence-corrected chi connectivity index (χ1v) is 13.0. The molecule has 0 aliphatic rings. The summed E-state index contributed by atoms with van der Waals surface area (Å²) in [5.74, 6) is 15.4. The molecule has 3 aromatic heterocycles. The molecule has 0 saturated carbocycles. The van der Waals surface area contributed by atoms with E-state index in [9.17, 15) is 0 Å². The second-order valence-corrected chi connectivity index (χ2v) is 7.64. The van der Waals surface area contributed by atoms with Crippen LogP contribution in [0.4, 0.5) is 0 Å². The van der Waals surface area contributed by atoms with Gasteiger partial charge in [0.05, 0.1) is 7.11 Å². The zero-order valence-corrected chi connectivity index (χ0v) is 28.1. The maximum atomic E-state index is 6.49. The van der Waals surface area contributed by atoms with Gasteiger partial charge in [-0.2, -0.15) is 21.8 Å². The van der Waals surface area contributed by atoms with E-state index in [0.29, 0.717) is 17.5 Å². The third-order valence-electron chi connectivity index (χ3n) is 3.95. The maximum absolute atomic E-state index is 6.49. The summed E-state index contributed by atoms with van der Waals surface area (Å²) in [6.07, 6.45) is 16.3. The first-order chi connectivity index (χ1) is 19.0. The molecule has 0 atom stereocenters. The molecule has 0 saturated heterocycles. The summed E-state index contributed by atoms with van der Waals surface area (Å²) in [4.78, 5) is 4.10. The maximum Gasteiger partial charge on any atom is 0.233 e. The minimum atomic E-state index is 0. The fourth-order valence-electron chi connectivity index (χ4n) is 1.88. The number of ether oxygens (including phenoxy) is 1. The standard InChI is InChI=1S/C11H13N.C10H12N2O.C6H7.C4H4N2.C2H6.Y/c1-10(2)6-5-8-11-7-3-4-9-12-11;1-3-4-5-6-9-7-8-10(13-2)12-11-9;1-4-6(3)5-2;1-2-4-6-5-3-1;1-2;/h3-4,7,9-10H,6H2,1-2H3;7-8H,3-4H2,1-2H3;4H,1,3H3;1-4H;1-2H3;/q;;-1;;;/b;;6-4+;;;. The van der Waals surface area contributed by atoms with Gasteiger partial charge in [0.1, 0.15) is 11.4 Å². The molecule has 0 unspecified atom stereocenters. The molecule has 0 aromatic carbocycles. The summed E-state index contributed by atoms with van der Waals surface area (Å²) in [5, 5.41) is 14.7. The molecule has 0 spiro atoms. The fraction of sp³-hybridized carbons (Fsp3) is 0.364. The van der Waals surface area contributed by atoms with Crippen molar-refractivity contribution >= 4 is 0 Å². The van der Waals surface area contributed by atoms with Gasteiger partial charge in [0.2, 0.25) is 5.88 Å². The quantitative estimate of drug-likeness (QED) is 0.231. The van der Waals surface area contributed by atoms with E-state index in [0.717, 1.165) is 30.5 Å². The Morgan fingerprint density at radius 2 is 1.55 bits per heavy atom. The molecule has 209 valence electrons. The second-order valence-electron chi connectivity index (χ2n) is 7.64. The summed E-state index contributed by atoms with van der Waals surface area (Å²) in [6.45, 7) is 14.1. The molecule has 0 fully saturated rings. The van der Waals surface area contributed by atoms with Gasteiger partial charge in [-0.1, -0.05) is 59.4 Å². The summed E-state index contributed by atoms with van der Waals surface area (Å²) in [7, 11) is 1.56. The molecule has 0 amide bonds. The molecule has 3 heterocycles. The van der Waals surface area contributed by atoms with Crippen molar-refractivity contribution < 1.29 is 37.4 Å². The van der Waals surface area contributed by atoms with E-state index < -0.39 is 0 Å². The van der Waals surface area contributed by atoms with Gasteiger partial charge in [0.25, 0.3) is 0 Å². The zero-order chi connectivity index (χ0) is 29.6. The molecule has 3 aromatic rings. The average Bonchev–Trinajstić information content (AvgIpc) is 3.00. The second kappa shape index (κ2) is 31.8. The summed E-state index contributed by atoms with van der Waals surface area (Å²) < 4.78 is 4.87. The Morgan fingerprint density at radius 3 is 1.93 bits per heavy atom. The van der Waals surface area contributed by atoms with Crippen molar-refractivity contribution in [3.05, 3.63) is 90.5 Å². The van der Waals surface area contributed by atoms with Crippen LogP contribution in [0.25, 0.3) is 0 Å². The number of unbranched alkanes of at least 4 members (excludes halogenated alkanes) is 1. The number of pyridine rings is 1. The normalized spacial score (nSPS) is 8.55. The molecule has 0 aliphatic carbocycles. The van der Waals surface area contributed by atoms with Gasteiger partial charge >= 0.3 is 0 Å². The Bertz CT molecular complexity index is 1130. The van der Waals surface area contributed by atoms with E-state index in [1.807, 2.05) is 64.1 Å². The van der Waals surface area contributed by atoms with Gasteiger partial charge in [-0.25, -0.2) is 4.98 Å². The smallest absolute Gasteiger partial charge is 0.233 e. The number of rotatable bonds is 3. The Morgan fingerprint density at radius 1 is 0.925 bits per heavy atom. The zero-order valence-electron chi connectivity index (χ0n) is 25.3. The predicted molar refractivity (Wildman–Crippen MR) is 161 cm³/mol. The summed E-state index contributed by atoms with van der Waals surface area (Å²) in [5.41, 5.74) is 2.43. The molecule has 40 heavy (non-hydrogen) atoms. The van der Waals surface area contributed by atoms with Gasteiger partial charge in [-0.15, -0.1) is 17.1 Å². The largest absolute Gasteiger partial charge is 0.480 e. The summed E-state index contributed by atoms with van der Waals surface area (Å²) >= 11 is 0. The molecular weight excluding hydrogens is 571 g/mol. The van der Waals surface area contributed by atoms with Crippen LogP contribution in [0, 0.1) is 41.9 Å². The minimum Gasteiger partial charge on any atom is -0.480 e. The van der Waals surface area contributed by atoms with Gasteiger partial charge in [-0.3, -0.25) is 5.92 Å². The van der Waals surface area contributed by atoms with Crippen LogP contribution in [-0.2, 0) is 32.7 Å². The number of hydrogen-bond donors (Lipinski definition) is 0. The van der Waals surface area contributed by atoms with Crippen molar-refractivity contribution in [2.45, 2.75) is 67.7 Å². The van der Waals surface area contributed by atoms with Crippen LogP contribution >= 0.6 is 0 Å². The first-order valence-electron chi connectivity index (χ1n) is 13.0. The Labute approximate surface area is 268 Å². The van der Waals surface area contributed by atoms with Crippen molar-refractivity contribution in [3.63, 3.8) is 0 Å². The van der Waals surface area contributed by atoms with Crippen LogP contribution in [0.15, 0.2) is 72.7 Å². The molecule has 0 aliphatic heterocycles. The van der Waals surface area contributed by atoms with Crippen molar-refractivity contribution in [3.8, 4) is 35.5 Å². The van der Waals surface area contributed by atoms with Gasteiger partial charge in [0.15, 0.2) is 0 Å².